The van der Waals surface area contributed by atoms with Crippen LogP contribution in [0.3, 0.4) is 0 Å². The highest BCUT2D eigenvalue weighted by Crippen LogP contribution is 2.25. The molecule has 2 N–H and O–H groups in total. The number of hydrogen-bond acceptors (Lipinski definition) is 5. The maximum Gasteiger partial charge on any atom is 0.340 e. The lowest BCUT2D eigenvalue weighted by Gasteiger charge is -2.12. The van der Waals surface area contributed by atoms with E-state index >= 15 is 0 Å². The molecular weight excluding hydrogens is 220 g/mol. The van der Waals surface area contributed by atoms with Gasteiger partial charge in [-0.15, -0.1) is 0 Å². The Morgan fingerprint density at radius 2 is 2.12 bits per heavy atom. The SMILES string of the molecule is COc1cccc(C(=O)OCCN(C)C)c1N. The third-order valence-electron chi connectivity index (χ3n) is 2.28. The first-order valence-electron chi connectivity index (χ1n) is 5.30. The first-order valence-corrected chi connectivity index (χ1v) is 5.30. The van der Waals surface area contributed by atoms with Crippen LogP contribution in [0.15, 0.2) is 18.2 Å². The average Bonchev–Trinajstić information content (AvgIpc) is 2.28. The van der Waals surface area contributed by atoms with Gasteiger partial charge in [-0.2, -0.15) is 0 Å². The number of anilines is 1. The summed E-state index contributed by atoms with van der Waals surface area (Å²) >= 11 is 0. The van der Waals surface area contributed by atoms with Crippen LogP contribution < -0.4 is 10.5 Å². The molecule has 0 aliphatic rings. The summed E-state index contributed by atoms with van der Waals surface area (Å²) in [5, 5.41) is 0. The molecule has 0 amide bonds. The number of methoxy groups -OCH3 is 1. The van der Waals surface area contributed by atoms with Crippen LogP contribution in [0.4, 0.5) is 5.69 Å². The van der Waals surface area contributed by atoms with E-state index in [9.17, 15) is 4.79 Å². The number of para-hydroxylation sites is 1. The zero-order valence-corrected chi connectivity index (χ0v) is 10.4. The van der Waals surface area contributed by atoms with Crippen molar-refractivity contribution in [2.45, 2.75) is 0 Å². The van der Waals surface area contributed by atoms with Gasteiger partial charge in [-0.25, -0.2) is 4.79 Å². The molecule has 0 aliphatic carbocycles. The zero-order chi connectivity index (χ0) is 12.8. The van der Waals surface area contributed by atoms with Crippen LogP contribution >= 0.6 is 0 Å². The third-order valence-corrected chi connectivity index (χ3v) is 2.28. The Hall–Kier alpha value is -1.75. The summed E-state index contributed by atoms with van der Waals surface area (Å²) in [4.78, 5) is 13.7. The Kier molecular flexibility index (Phi) is 4.78. The highest BCUT2D eigenvalue weighted by molar-refractivity contribution is 5.96. The second-order valence-electron chi connectivity index (χ2n) is 3.86. The van der Waals surface area contributed by atoms with Crippen molar-refractivity contribution in [3.8, 4) is 5.75 Å². The largest absolute Gasteiger partial charge is 0.495 e. The van der Waals surface area contributed by atoms with E-state index in [1.165, 1.54) is 7.11 Å². The van der Waals surface area contributed by atoms with Crippen LogP contribution in [0.1, 0.15) is 10.4 Å². The molecule has 5 heteroatoms. The number of esters is 1. The maximum absolute atomic E-state index is 11.7. The Morgan fingerprint density at radius 3 is 2.71 bits per heavy atom. The van der Waals surface area contributed by atoms with Crippen LogP contribution in [0.2, 0.25) is 0 Å². The van der Waals surface area contributed by atoms with E-state index in [0.717, 1.165) is 0 Å². The van der Waals surface area contributed by atoms with E-state index < -0.39 is 5.97 Å². The van der Waals surface area contributed by atoms with Crippen molar-refractivity contribution in [3.63, 3.8) is 0 Å². The van der Waals surface area contributed by atoms with E-state index in [0.29, 0.717) is 30.2 Å². The molecule has 0 unspecified atom stereocenters. The third kappa shape index (κ3) is 3.64. The molecule has 0 fully saturated rings. The predicted octanol–water partition coefficient (Wildman–Crippen LogP) is 0.996. The van der Waals surface area contributed by atoms with E-state index in [-0.39, 0.29) is 0 Å². The lowest BCUT2D eigenvalue weighted by Crippen LogP contribution is -2.20. The molecule has 0 bridgehead atoms. The summed E-state index contributed by atoms with van der Waals surface area (Å²) in [6.45, 7) is 1.01. The van der Waals surface area contributed by atoms with Crippen LogP contribution in [0.25, 0.3) is 0 Å². The summed E-state index contributed by atoms with van der Waals surface area (Å²) in [5.41, 5.74) is 6.44. The number of likely N-dealkylation sites (N-methyl/N-ethyl adjacent to an activating group) is 1. The van der Waals surface area contributed by atoms with Gasteiger partial charge in [0.25, 0.3) is 0 Å². The van der Waals surface area contributed by atoms with Crippen molar-refractivity contribution in [2.24, 2.45) is 0 Å². The molecule has 17 heavy (non-hydrogen) atoms. The molecule has 1 aromatic rings. The van der Waals surface area contributed by atoms with Crippen LogP contribution in [0.5, 0.6) is 5.75 Å². The molecule has 0 aliphatic heterocycles. The number of carbonyl (C=O) groups excluding carboxylic acids is 1. The predicted molar refractivity (Wildman–Crippen MR) is 66.2 cm³/mol. The number of nitrogen functional groups attached to an aromatic ring is 1. The number of rotatable bonds is 5. The first-order chi connectivity index (χ1) is 8.06. The molecule has 5 nitrogen and oxygen atoms in total. The Balaban J connectivity index is 2.69. The topological polar surface area (TPSA) is 64.8 Å². The van der Waals surface area contributed by atoms with Gasteiger partial charge in [0, 0.05) is 6.54 Å². The number of nitrogens with zero attached hydrogens (tertiary/aromatic N) is 1. The zero-order valence-electron chi connectivity index (χ0n) is 10.4. The van der Waals surface area contributed by atoms with E-state index in [1.54, 1.807) is 18.2 Å². The summed E-state index contributed by atoms with van der Waals surface area (Å²) in [7, 11) is 5.33. The van der Waals surface area contributed by atoms with Crippen molar-refractivity contribution in [2.75, 3.05) is 40.1 Å². The van der Waals surface area contributed by atoms with Gasteiger partial charge < -0.3 is 20.1 Å². The van der Waals surface area contributed by atoms with Gasteiger partial charge in [0.1, 0.15) is 12.4 Å². The minimum atomic E-state index is -0.428. The van der Waals surface area contributed by atoms with Crippen molar-refractivity contribution >= 4 is 11.7 Å². The van der Waals surface area contributed by atoms with Gasteiger partial charge in [-0.05, 0) is 26.2 Å². The standard InChI is InChI=1S/C12H18N2O3/c1-14(2)7-8-17-12(15)9-5-4-6-10(16-3)11(9)13/h4-6H,7-8,13H2,1-3H3. The number of benzene rings is 1. The number of hydrogen-bond donors (Lipinski definition) is 1. The van der Waals surface area contributed by atoms with Gasteiger partial charge in [0.15, 0.2) is 0 Å². The fourth-order valence-corrected chi connectivity index (χ4v) is 1.30. The van der Waals surface area contributed by atoms with Gasteiger partial charge in [0.05, 0.1) is 18.4 Å². The fourth-order valence-electron chi connectivity index (χ4n) is 1.30. The first kappa shape index (κ1) is 13.3. The normalized spacial score (nSPS) is 10.4. The van der Waals surface area contributed by atoms with E-state index in [2.05, 4.69) is 0 Å². The average molecular weight is 238 g/mol. The van der Waals surface area contributed by atoms with Gasteiger partial charge >= 0.3 is 5.97 Å². The Bertz CT molecular complexity index is 391. The van der Waals surface area contributed by atoms with Crippen LogP contribution in [-0.2, 0) is 4.74 Å². The molecular formula is C12H18N2O3. The number of ether oxygens (including phenoxy) is 2. The van der Waals surface area contributed by atoms with Gasteiger partial charge in [0.2, 0.25) is 0 Å². The molecule has 1 rings (SSSR count). The summed E-state index contributed by atoms with van der Waals surface area (Å²) in [6, 6.07) is 5.03. The highest BCUT2D eigenvalue weighted by atomic mass is 16.5. The van der Waals surface area contributed by atoms with Crippen LogP contribution in [-0.4, -0.2) is 45.2 Å². The summed E-state index contributed by atoms with van der Waals surface area (Å²) in [5.74, 6) is 0.0512. The molecule has 1 aromatic carbocycles. The quantitative estimate of drug-likeness (QED) is 0.612. The minimum absolute atomic E-state index is 0.310. The fraction of sp³-hybridized carbons (Fsp3) is 0.417. The van der Waals surface area contributed by atoms with Crippen molar-refractivity contribution < 1.29 is 14.3 Å². The summed E-state index contributed by atoms with van der Waals surface area (Å²) < 4.78 is 10.1. The Morgan fingerprint density at radius 1 is 1.41 bits per heavy atom. The lowest BCUT2D eigenvalue weighted by molar-refractivity contribution is 0.0483. The molecule has 94 valence electrons. The van der Waals surface area contributed by atoms with Crippen molar-refractivity contribution in [3.05, 3.63) is 23.8 Å². The maximum atomic E-state index is 11.7. The van der Waals surface area contributed by atoms with Crippen molar-refractivity contribution in [1.29, 1.82) is 0 Å². The molecule has 0 spiro atoms. The lowest BCUT2D eigenvalue weighted by atomic mass is 10.1. The molecule has 0 saturated carbocycles. The molecule has 0 atom stereocenters. The molecule has 0 aromatic heterocycles. The monoisotopic (exact) mass is 238 g/mol. The molecule has 0 radical (unpaired) electrons. The van der Waals surface area contributed by atoms with E-state index in [4.69, 9.17) is 15.2 Å². The number of nitrogens with two attached hydrogens (primary N) is 1. The molecule has 0 heterocycles. The second-order valence-corrected chi connectivity index (χ2v) is 3.86. The Labute approximate surface area is 101 Å². The van der Waals surface area contributed by atoms with E-state index in [1.807, 2.05) is 19.0 Å². The molecule has 0 saturated heterocycles. The van der Waals surface area contributed by atoms with Gasteiger partial charge in [-0.1, -0.05) is 6.07 Å². The highest BCUT2D eigenvalue weighted by Gasteiger charge is 2.14. The smallest absolute Gasteiger partial charge is 0.340 e. The van der Waals surface area contributed by atoms with Gasteiger partial charge in [-0.3, -0.25) is 0 Å². The van der Waals surface area contributed by atoms with Crippen LogP contribution in [0, 0.1) is 0 Å². The summed E-state index contributed by atoms with van der Waals surface area (Å²) in [6.07, 6.45) is 0. The second kappa shape index (κ2) is 6.10. The minimum Gasteiger partial charge on any atom is -0.495 e. The van der Waals surface area contributed by atoms with Crippen molar-refractivity contribution in [1.82, 2.24) is 4.90 Å². The number of carbonyl (C=O) groups is 1.